The first-order chi connectivity index (χ1) is 24.1. The molecule has 4 aromatic rings. The van der Waals surface area contributed by atoms with E-state index in [1.807, 2.05) is 0 Å². The van der Waals surface area contributed by atoms with Gasteiger partial charge in [0.2, 0.25) is 0 Å². The zero-order chi connectivity index (χ0) is 34.7. The fourth-order valence-electron chi connectivity index (χ4n) is 10.5. The van der Waals surface area contributed by atoms with Crippen LogP contribution in [-0.4, -0.2) is 44.9 Å². The molecule has 4 aromatic carbocycles. The second-order valence-corrected chi connectivity index (χ2v) is 16.5. The van der Waals surface area contributed by atoms with Crippen LogP contribution in [0.15, 0.2) is 103 Å². The minimum Gasteiger partial charge on any atom is -0.497 e. The van der Waals surface area contributed by atoms with Gasteiger partial charge in [-0.1, -0.05) is 107 Å². The Kier molecular flexibility index (Phi) is 8.12. The predicted octanol–water partition coefficient (Wildman–Crippen LogP) is 10.5. The van der Waals surface area contributed by atoms with Gasteiger partial charge in [0.25, 0.3) is 0 Å². The number of nitrogens with zero attached hydrogens (tertiary/aromatic N) is 1. The topological polar surface area (TPSA) is 30.9 Å². The molecule has 258 valence electrons. The molecule has 2 aliphatic heterocycles. The Morgan fingerprint density at radius 1 is 0.860 bits per heavy atom. The highest BCUT2D eigenvalue weighted by Gasteiger charge is 2.55. The Morgan fingerprint density at radius 3 is 2.30 bits per heavy atom. The summed E-state index contributed by atoms with van der Waals surface area (Å²) < 4.78 is 19.2. The Balaban J connectivity index is 1.38. The minimum absolute atomic E-state index is 0.128. The first kappa shape index (κ1) is 33.0. The molecule has 50 heavy (non-hydrogen) atoms. The summed E-state index contributed by atoms with van der Waals surface area (Å²) in [6.45, 7) is 16.4. The normalized spacial score (nSPS) is 23.4. The molecule has 0 amide bonds. The molecule has 1 saturated carbocycles. The highest BCUT2D eigenvalue weighted by atomic mass is 16.5. The van der Waals surface area contributed by atoms with Crippen LogP contribution in [0.5, 0.6) is 11.5 Å². The highest BCUT2D eigenvalue weighted by Crippen LogP contribution is 2.67. The summed E-state index contributed by atoms with van der Waals surface area (Å²) in [7, 11) is 1.75. The van der Waals surface area contributed by atoms with Crippen molar-refractivity contribution < 1.29 is 14.2 Å². The minimum atomic E-state index is -0.807. The molecule has 2 aliphatic carbocycles. The van der Waals surface area contributed by atoms with Crippen molar-refractivity contribution in [2.45, 2.75) is 64.9 Å². The molecular weight excluding hydrogens is 615 g/mol. The number of benzene rings is 4. The average molecular weight is 666 g/mol. The zero-order valence-corrected chi connectivity index (χ0v) is 30.6. The SMILES string of the molecule is C/C=C(\C=C/CN1CCOCC1)C1(c2ccccc2)C=Cc2c3c(c4ccc(OC)cc4c2O1)-c1ccccc1C31CC(C)(C)CC(C)(C)C1. The summed E-state index contributed by atoms with van der Waals surface area (Å²) in [6.07, 6.45) is 14.9. The number of morpholine rings is 1. The summed E-state index contributed by atoms with van der Waals surface area (Å²) in [5.41, 5.74) is 8.49. The van der Waals surface area contributed by atoms with Crippen molar-refractivity contribution in [3.8, 4) is 22.6 Å². The van der Waals surface area contributed by atoms with E-state index in [0.29, 0.717) is 0 Å². The number of methoxy groups -OCH3 is 1. The van der Waals surface area contributed by atoms with E-state index < -0.39 is 5.60 Å². The molecule has 2 fully saturated rings. The maximum absolute atomic E-state index is 7.68. The quantitative estimate of drug-likeness (QED) is 0.192. The van der Waals surface area contributed by atoms with Gasteiger partial charge in [0, 0.05) is 41.6 Å². The number of rotatable bonds is 6. The first-order valence-corrected chi connectivity index (χ1v) is 18.5. The van der Waals surface area contributed by atoms with Gasteiger partial charge in [0.1, 0.15) is 11.5 Å². The highest BCUT2D eigenvalue weighted by molar-refractivity contribution is 6.09. The summed E-state index contributed by atoms with van der Waals surface area (Å²) in [5, 5.41) is 2.32. The molecule has 1 unspecified atom stereocenters. The molecular formula is C46H51NO3. The molecule has 1 atom stereocenters. The van der Waals surface area contributed by atoms with E-state index in [-0.39, 0.29) is 16.2 Å². The average Bonchev–Trinajstić information content (AvgIpc) is 3.37. The van der Waals surface area contributed by atoms with Gasteiger partial charge in [-0.3, -0.25) is 4.90 Å². The molecule has 2 heterocycles. The van der Waals surface area contributed by atoms with Crippen LogP contribution in [0.4, 0.5) is 0 Å². The van der Waals surface area contributed by atoms with Crippen molar-refractivity contribution in [1.29, 1.82) is 0 Å². The van der Waals surface area contributed by atoms with Gasteiger partial charge >= 0.3 is 0 Å². The van der Waals surface area contributed by atoms with Gasteiger partial charge in [-0.25, -0.2) is 0 Å². The monoisotopic (exact) mass is 665 g/mol. The van der Waals surface area contributed by atoms with Gasteiger partial charge in [0.15, 0.2) is 5.60 Å². The van der Waals surface area contributed by atoms with E-state index in [2.05, 4.69) is 143 Å². The number of allylic oxidation sites excluding steroid dienone is 1. The maximum Gasteiger partial charge on any atom is 0.177 e. The van der Waals surface area contributed by atoms with E-state index in [0.717, 1.165) is 73.7 Å². The van der Waals surface area contributed by atoms with E-state index in [1.165, 1.54) is 39.6 Å². The Morgan fingerprint density at radius 2 is 1.58 bits per heavy atom. The van der Waals surface area contributed by atoms with E-state index in [9.17, 15) is 0 Å². The number of ether oxygens (including phenoxy) is 3. The smallest absolute Gasteiger partial charge is 0.177 e. The second-order valence-electron chi connectivity index (χ2n) is 16.5. The molecule has 8 rings (SSSR count). The van der Waals surface area contributed by atoms with Crippen LogP contribution in [0, 0.1) is 10.8 Å². The molecule has 0 bridgehead atoms. The van der Waals surface area contributed by atoms with Gasteiger partial charge in [-0.2, -0.15) is 0 Å². The van der Waals surface area contributed by atoms with Gasteiger partial charge in [-0.15, -0.1) is 0 Å². The fraction of sp³-hybridized carbons (Fsp3) is 0.391. The third-order valence-electron chi connectivity index (χ3n) is 11.7. The van der Waals surface area contributed by atoms with Crippen LogP contribution in [0.2, 0.25) is 0 Å². The molecule has 4 aliphatic rings. The molecule has 0 N–H and O–H groups in total. The Hall–Kier alpha value is -4.12. The maximum atomic E-state index is 7.68. The number of fused-ring (bicyclic) bond motifs is 10. The van der Waals surface area contributed by atoms with E-state index >= 15 is 0 Å². The van der Waals surface area contributed by atoms with Gasteiger partial charge < -0.3 is 14.2 Å². The van der Waals surface area contributed by atoms with Gasteiger partial charge in [-0.05, 0) is 94.5 Å². The second kappa shape index (κ2) is 12.3. The van der Waals surface area contributed by atoms with E-state index in [1.54, 1.807) is 7.11 Å². The van der Waals surface area contributed by atoms with Crippen LogP contribution >= 0.6 is 0 Å². The summed E-state index contributed by atoms with van der Waals surface area (Å²) in [4.78, 5) is 2.45. The largest absolute Gasteiger partial charge is 0.497 e. The Bertz CT molecular complexity index is 2010. The van der Waals surface area contributed by atoms with Crippen molar-refractivity contribution in [3.05, 3.63) is 125 Å². The summed E-state index contributed by atoms with van der Waals surface area (Å²) in [6, 6.07) is 26.5. The molecule has 0 radical (unpaired) electrons. The number of hydrogen-bond acceptors (Lipinski definition) is 4. The fourth-order valence-corrected chi connectivity index (χ4v) is 10.5. The van der Waals surface area contributed by atoms with Gasteiger partial charge in [0.05, 0.1) is 20.3 Å². The van der Waals surface area contributed by atoms with Crippen LogP contribution < -0.4 is 9.47 Å². The Labute approximate surface area is 298 Å². The van der Waals surface area contributed by atoms with Crippen molar-refractivity contribution in [3.63, 3.8) is 0 Å². The lowest BCUT2D eigenvalue weighted by Crippen LogP contribution is -2.44. The summed E-state index contributed by atoms with van der Waals surface area (Å²) in [5.74, 6) is 1.78. The lowest BCUT2D eigenvalue weighted by molar-refractivity contribution is 0.0434. The lowest BCUT2D eigenvalue weighted by atomic mass is 9.52. The molecule has 4 heteroatoms. The van der Waals surface area contributed by atoms with Crippen molar-refractivity contribution in [1.82, 2.24) is 4.90 Å². The third-order valence-corrected chi connectivity index (χ3v) is 11.7. The molecule has 4 nitrogen and oxygen atoms in total. The standard InChI is InChI=1S/C46H51NO3/c1-7-32(16-13-23-47-24-26-49-27-25-47)46(33-14-9-8-10-15-33)22-21-37-41-40(35-20-19-34(48-6)28-38(35)42(37)50-46)36-17-11-12-18-39(36)45(41)30-43(2,3)29-44(4,5)31-45/h7-22,28H,23-27,29-31H2,1-6H3/b16-13-,32-7+. The van der Waals surface area contributed by atoms with Crippen molar-refractivity contribution in [2.24, 2.45) is 10.8 Å². The molecule has 0 aromatic heterocycles. The van der Waals surface area contributed by atoms with Crippen LogP contribution in [0.3, 0.4) is 0 Å². The zero-order valence-electron chi connectivity index (χ0n) is 30.6. The predicted molar refractivity (Wildman–Crippen MR) is 206 cm³/mol. The molecule has 1 spiro atoms. The van der Waals surface area contributed by atoms with Crippen LogP contribution in [0.1, 0.15) is 76.1 Å². The summed E-state index contributed by atoms with van der Waals surface area (Å²) >= 11 is 0. The lowest BCUT2D eigenvalue weighted by Gasteiger charge is -2.52. The number of hydrogen-bond donors (Lipinski definition) is 0. The van der Waals surface area contributed by atoms with Crippen molar-refractivity contribution in [2.75, 3.05) is 40.0 Å². The van der Waals surface area contributed by atoms with E-state index in [4.69, 9.17) is 14.2 Å². The van der Waals surface area contributed by atoms with Crippen LogP contribution in [0.25, 0.3) is 28.0 Å². The third kappa shape index (κ3) is 5.34. The van der Waals surface area contributed by atoms with Crippen molar-refractivity contribution >= 4 is 16.8 Å². The first-order valence-electron chi connectivity index (χ1n) is 18.5. The van der Waals surface area contributed by atoms with Crippen LogP contribution in [-0.2, 0) is 15.8 Å². The molecule has 1 saturated heterocycles.